The molecule has 0 saturated carbocycles. The highest BCUT2D eigenvalue weighted by atomic mass is 16.1. The number of fused-ring (bicyclic) bond motifs is 1. The first kappa shape index (κ1) is 18.4. The van der Waals surface area contributed by atoms with Crippen LogP contribution in [0.1, 0.15) is 11.4 Å². The van der Waals surface area contributed by atoms with E-state index in [9.17, 15) is 4.79 Å². The highest BCUT2D eigenvalue weighted by molar-refractivity contribution is 5.86. The van der Waals surface area contributed by atoms with Crippen LogP contribution in [0.5, 0.6) is 0 Å². The minimum Gasteiger partial charge on any atom is -0.354 e. The number of benzene rings is 1. The van der Waals surface area contributed by atoms with E-state index in [4.69, 9.17) is 0 Å². The Hall–Kier alpha value is -3.42. The number of nitrogens with zero attached hydrogens (tertiary/aromatic N) is 4. The minimum atomic E-state index is -0.0817. The van der Waals surface area contributed by atoms with Gasteiger partial charge in [0.2, 0.25) is 5.91 Å². The molecule has 0 saturated heterocycles. The number of aliphatic imine (C=N–C) groups is 1. The maximum atomic E-state index is 12.0. The number of nitrogens with one attached hydrogen (secondary N) is 3. The normalized spacial score (nSPS) is 11.4. The molecule has 0 fully saturated rings. The first-order valence-corrected chi connectivity index (χ1v) is 8.80. The smallest absolute Gasteiger partial charge is 0.239 e. The summed E-state index contributed by atoms with van der Waals surface area (Å²) in [6.07, 6.45) is 2.71. The number of amides is 1. The average Bonchev–Trinajstić information content (AvgIpc) is 3.12. The van der Waals surface area contributed by atoms with Crippen LogP contribution in [0.4, 0.5) is 0 Å². The summed E-state index contributed by atoms with van der Waals surface area (Å²) in [4.78, 5) is 16.1. The van der Waals surface area contributed by atoms with Gasteiger partial charge in [-0.2, -0.15) is 0 Å². The third-order valence-corrected chi connectivity index (χ3v) is 4.02. The highest BCUT2D eigenvalue weighted by Crippen LogP contribution is 2.02. The Labute approximate surface area is 157 Å². The van der Waals surface area contributed by atoms with Crippen LogP contribution in [0.15, 0.2) is 59.7 Å². The van der Waals surface area contributed by atoms with Gasteiger partial charge >= 0.3 is 0 Å². The first-order chi connectivity index (χ1) is 13.3. The molecule has 0 unspecified atom stereocenters. The van der Waals surface area contributed by atoms with Crippen molar-refractivity contribution in [2.45, 2.75) is 13.0 Å². The monoisotopic (exact) mass is 365 g/mol. The molecule has 0 spiro atoms. The number of hydrogen-bond acceptors (Lipinski definition) is 4. The van der Waals surface area contributed by atoms with Crippen LogP contribution in [0.3, 0.4) is 0 Å². The fraction of sp³-hybridized carbons (Fsp3) is 0.263. The van der Waals surface area contributed by atoms with Crippen molar-refractivity contribution in [1.29, 1.82) is 0 Å². The van der Waals surface area contributed by atoms with Crippen molar-refractivity contribution >= 4 is 17.5 Å². The number of pyridine rings is 1. The van der Waals surface area contributed by atoms with Gasteiger partial charge in [0.25, 0.3) is 0 Å². The van der Waals surface area contributed by atoms with E-state index >= 15 is 0 Å². The molecule has 3 rings (SSSR count). The lowest BCUT2D eigenvalue weighted by Crippen LogP contribution is -2.43. The Morgan fingerprint density at radius 1 is 1.04 bits per heavy atom. The molecule has 0 atom stereocenters. The Kier molecular flexibility index (Phi) is 6.35. The first-order valence-electron chi connectivity index (χ1n) is 8.80. The van der Waals surface area contributed by atoms with Gasteiger partial charge in [0.05, 0.1) is 13.1 Å². The number of rotatable bonds is 7. The van der Waals surface area contributed by atoms with E-state index in [0.29, 0.717) is 19.0 Å². The Morgan fingerprint density at radius 2 is 1.85 bits per heavy atom. The highest BCUT2D eigenvalue weighted by Gasteiger charge is 2.07. The van der Waals surface area contributed by atoms with E-state index < -0.39 is 0 Å². The van der Waals surface area contributed by atoms with Gasteiger partial charge in [0.1, 0.15) is 0 Å². The van der Waals surface area contributed by atoms with Gasteiger partial charge in [-0.05, 0) is 24.1 Å². The van der Waals surface area contributed by atoms with E-state index in [1.54, 1.807) is 7.05 Å². The maximum Gasteiger partial charge on any atom is 0.239 e. The second kappa shape index (κ2) is 9.33. The molecular formula is C19H23N7O. The van der Waals surface area contributed by atoms with Gasteiger partial charge in [0, 0.05) is 19.8 Å². The Balaban J connectivity index is 1.40. The molecule has 8 nitrogen and oxygen atoms in total. The van der Waals surface area contributed by atoms with Gasteiger partial charge in [-0.15, -0.1) is 10.2 Å². The summed E-state index contributed by atoms with van der Waals surface area (Å²) in [5.74, 6) is 1.21. The van der Waals surface area contributed by atoms with Gasteiger partial charge in [-0.25, -0.2) is 0 Å². The van der Waals surface area contributed by atoms with E-state index in [2.05, 4.69) is 31.1 Å². The summed E-state index contributed by atoms with van der Waals surface area (Å²) in [6, 6.07) is 15.8. The van der Waals surface area contributed by atoms with Crippen molar-refractivity contribution in [3.05, 3.63) is 66.1 Å². The maximum absolute atomic E-state index is 12.0. The molecule has 3 aromatic rings. The summed E-state index contributed by atoms with van der Waals surface area (Å²) in [5.41, 5.74) is 1.99. The zero-order valence-electron chi connectivity index (χ0n) is 15.2. The van der Waals surface area contributed by atoms with Crippen LogP contribution in [0.25, 0.3) is 5.65 Å². The van der Waals surface area contributed by atoms with Crippen molar-refractivity contribution < 1.29 is 4.79 Å². The summed E-state index contributed by atoms with van der Waals surface area (Å²) >= 11 is 0. The summed E-state index contributed by atoms with van der Waals surface area (Å²) in [5, 5.41) is 17.3. The van der Waals surface area contributed by atoms with Crippen molar-refractivity contribution in [3.8, 4) is 0 Å². The largest absolute Gasteiger partial charge is 0.354 e. The number of hydrogen-bond donors (Lipinski definition) is 3. The molecule has 2 aromatic heterocycles. The minimum absolute atomic E-state index is 0.0817. The summed E-state index contributed by atoms with van der Waals surface area (Å²) in [6.45, 7) is 1.19. The fourth-order valence-electron chi connectivity index (χ4n) is 2.61. The third kappa shape index (κ3) is 5.27. The fourth-order valence-corrected chi connectivity index (χ4v) is 2.61. The van der Waals surface area contributed by atoms with Crippen LogP contribution in [0.2, 0.25) is 0 Å². The molecule has 1 amide bonds. The molecule has 0 aliphatic carbocycles. The lowest BCUT2D eigenvalue weighted by atomic mass is 10.1. The van der Waals surface area contributed by atoms with Crippen LogP contribution in [-0.4, -0.2) is 46.6 Å². The lowest BCUT2D eigenvalue weighted by molar-refractivity contribution is -0.119. The summed E-state index contributed by atoms with van der Waals surface area (Å²) < 4.78 is 1.90. The van der Waals surface area contributed by atoms with Crippen molar-refractivity contribution in [2.24, 2.45) is 4.99 Å². The SMILES string of the molecule is CN=C(NCC(=O)NCCc1ccccc1)NCc1nnc2ccccn12. The summed E-state index contributed by atoms with van der Waals surface area (Å²) in [7, 11) is 1.66. The Morgan fingerprint density at radius 3 is 2.67 bits per heavy atom. The molecule has 8 heteroatoms. The molecule has 1 aromatic carbocycles. The van der Waals surface area contributed by atoms with Crippen LogP contribution >= 0.6 is 0 Å². The number of carbonyl (C=O) groups is 1. The van der Waals surface area contributed by atoms with E-state index in [1.165, 1.54) is 5.56 Å². The molecule has 0 aliphatic heterocycles. The van der Waals surface area contributed by atoms with Gasteiger partial charge in [-0.1, -0.05) is 36.4 Å². The predicted molar refractivity (Wildman–Crippen MR) is 104 cm³/mol. The topological polar surface area (TPSA) is 95.7 Å². The standard InChI is InChI=1S/C19H23N7O/c1-20-19(22-13-17-25-24-16-9-5-6-12-26(16)17)23-14-18(27)21-11-10-15-7-3-2-4-8-15/h2-9,12H,10-11,13-14H2,1H3,(H,21,27)(H2,20,22,23). The number of aromatic nitrogens is 3. The molecule has 140 valence electrons. The van der Waals surface area contributed by atoms with Crippen LogP contribution in [-0.2, 0) is 17.8 Å². The molecule has 0 radical (unpaired) electrons. The molecule has 0 bridgehead atoms. The van der Waals surface area contributed by atoms with Crippen molar-refractivity contribution in [3.63, 3.8) is 0 Å². The van der Waals surface area contributed by atoms with E-state index in [1.807, 2.05) is 59.1 Å². The number of guanidine groups is 1. The van der Waals surface area contributed by atoms with Crippen LogP contribution in [0, 0.1) is 0 Å². The lowest BCUT2D eigenvalue weighted by Gasteiger charge is -2.11. The average molecular weight is 365 g/mol. The van der Waals surface area contributed by atoms with Gasteiger partial charge in [-0.3, -0.25) is 14.2 Å². The molecule has 2 heterocycles. The van der Waals surface area contributed by atoms with E-state index in [-0.39, 0.29) is 12.5 Å². The Bertz CT molecular complexity index is 905. The molecule has 3 N–H and O–H groups in total. The number of carbonyl (C=O) groups excluding carboxylic acids is 1. The van der Waals surface area contributed by atoms with Crippen molar-refractivity contribution in [2.75, 3.05) is 20.1 Å². The van der Waals surface area contributed by atoms with E-state index in [0.717, 1.165) is 17.9 Å². The third-order valence-electron chi connectivity index (χ3n) is 4.02. The second-order valence-electron chi connectivity index (χ2n) is 5.91. The van der Waals surface area contributed by atoms with Crippen LogP contribution < -0.4 is 16.0 Å². The quantitative estimate of drug-likeness (QED) is 0.424. The van der Waals surface area contributed by atoms with Crippen molar-refractivity contribution in [1.82, 2.24) is 30.5 Å². The zero-order chi connectivity index (χ0) is 18.9. The zero-order valence-corrected chi connectivity index (χ0v) is 15.2. The molecular weight excluding hydrogens is 342 g/mol. The van der Waals surface area contributed by atoms with Gasteiger partial charge < -0.3 is 16.0 Å². The second-order valence-corrected chi connectivity index (χ2v) is 5.91. The predicted octanol–water partition coefficient (Wildman–Crippen LogP) is 0.753. The molecule has 0 aliphatic rings. The molecule has 27 heavy (non-hydrogen) atoms. The van der Waals surface area contributed by atoms with Gasteiger partial charge in [0.15, 0.2) is 17.4 Å².